The molecule has 0 N–H and O–H groups in total. The molecule has 0 aliphatic carbocycles. The van der Waals surface area contributed by atoms with E-state index >= 15 is 0 Å². The number of halogens is 2. The van der Waals surface area contributed by atoms with Gasteiger partial charge in [0.25, 0.3) is 5.89 Å². The van der Waals surface area contributed by atoms with Gasteiger partial charge in [0.2, 0.25) is 0 Å². The first kappa shape index (κ1) is 12.0. The molecule has 0 radical (unpaired) electrons. The summed E-state index contributed by atoms with van der Waals surface area (Å²) in [4.78, 5) is 4.09. The van der Waals surface area contributed by atoms with Gasteiger partial charge in [-0.2, -0.15) is 4.98 Å². The quantitative estimate of drug-likeness (QED) is 0.781. The van der Waals surface area contributed by atoms with E-state index in [1.165, 1.54) is 6.07 Å². The first-order valence-corrected chi connectivity index (χ1v) is 5.79. The topological polar surface area (TPSA) is 38.9 Å². The van der Waals surface area contributed by atoms with E-state index < -0.39 is 0 Å². The molecule has 0 bridgehead atoms. The maximum absolute atomic E-state index is 13.7. The molecule has 1 heterocycles. The first-order valence-electron chi connectivity index (χ1n) is 5.36. The molecular formula is C12H12ClFN2O. The summed E-state index contributed by atoms with van der Waals surface area (Å²) in [6.07, 6.45) is 0.691. The van der Waals surface area contributed by atoms with Crippen LogP contribution in [0.4, 0.5) is 4.39 Å². The molecule has 2 aromatic rings. The van der Waals surface area contributed by atoms with Crippen LogP contribution in [0.3, 0.4) is 0 Å². The van der Waals surface area contributed by atoms with Crippen LogP contribution in [0.1, 0.15) is 30.1 Å². The predicted molar refractivity (Wildman–Crippen MR) is 63.3 cm³/mol. The van der Waals surface area contributed by atoms with Crippen LogP contribution in [0.5, 0.6) is 0 Å². The van der Waals surface area contributed by atoms with Gasteiger partial charge in [-0.05, 0) is 31.0 Å². The molecule has 1 aromatic heterocycles. The summed E-state index contributed by atoms with van der Waals surface area (Å²) in [5.41, 5.74) is 1.14. The fraction of sp³-hybridized carbons (Fsp3) is 0.333. The van der Waals surface area contributed by atoms with Gasteiger partial charge in [-0.1, -0.05) is 18.1 Å². The van der Waals surface area contributed by atoms with Crippen LogP contribution < -0.4 is 0 Å². The molecule has 0 aliphatic heterocycles. The lowest BCUT2D eigenvalue weighted by Gasteiger charge is -1.98. The molecule has 0 saturated heterocycles. The van der Waals surface area contributed by atoms with Gasteiger partial charge in [0.15, 0.2) is 5.82 Å². The molecule has 1 aromatic carbocycles. The molecule has 1 unspecified atom stereocenters. The van der Waals surface area contributed by atoms with Gasteiger partial charge in [0, 0.05) is 0 Å². The molecule has 0 saturated carbocycles. The third-order valence-electron chi connectivity index (χ3n) is 2.44. The highest BCUT2D eigenvalue weighted by atomic mass is 35.5. The Bertz CT molecular complexity index is 527. The zero-order valence-electron chi connectivity index (χ0n) is 9.58. The highest BCUT2D eigenvalue weighted by Gasteiger charge is 2.17. The molecule has 5 heteroatoms. The Morgan fingerprint density at radius 1 is 1.47 bits per heavy atom. The zero-order chi connectivity index (χ0) is 12.4. The van der Waals surface area contributed by atoms with E-state index in [0.717, 1.165) is 5.56 Å². The Morgan fingerprint density at radius 3 is 2.88 bits per heavy atom. The highest BCUT2D eigenvalue weighted by molar-refractivity contribution is 6.20. The number of benzene rings is 1. The number of alkyl halides is 1. The van der Waals surface area contributed by atoms with Crippen molar-refractivity contribution >= 4 is 11.6 Å². The van der Waals surface area contributed by atoms with Crippen molar-refractivity contribution in [2.45, 2.75) is 25.6 Å². The maximum Gasteiger partial charge on any atom is 0.260 e. The summed E-state index contributed by atoms with van der Waals surface area (Å²) in [6, 6.07) is 4.84. The lowest BCUT2D eigenvalue weighted by atomic mass is 10.1. The van der Waals surface area contributed by atoms with Crippen molar-refractivity contribution in [2.75, 3.05) is 0 Å². The third-order valence-corrected chi connectivity index (χ3v) is 2.94. The number of hydrogen-bond donors (Lipinski definition) is 0. The van der Waals surface area contributed by atoms with Crippen molar-refractivity contribution in [1.82, 2.24) is 10.1 Å². The van der Waals surface area contributed by atoms with Crippen LogP contribution in [-0.4, -0.2) is 10.1 Å². The van der Waals surface area contributed by atoms with Crippen LogP contribution in [0.2, 0.25) is 0 Å². The normalized spacial score (nSPS) is 12.7. The van der Waals surface area contributed by atoms with Crippen molar-refractivity contribution < 1.29 is 8.91 Å². The van der Waals surface area contributed by atoms with Gasteiger partial charge < -0.3 is 4.52 Å². The van der Waals surface area contributed by atoms with Crippen molar-refractivity contribution in [2.24, 2.45) is 0 Å². The van der Waals surface area contributed by atoms with Crippen LogP contribution in [-0.2, 0) is 0 Å². The number of hydrogen-bond acceptors (Lipinski definition) is 3. The minimum Gasteiger partial charge on any atom is -0.334 e. The predicted octanol–water partition coefficient (Wildman–Crippen LogP) is 3.87. The summed E-state index contributed by atoms with van der Waals surface area (Å²) in [5, 5.41) is 3.44. The highest BCUT2D eigenvalue weighted by Crippen LogP contribution is 2.26. The number of nitrogens with zero attached hydrogens (tertiary/aromatic N) is 2. The molecule has 90 valence electrons. The summed E-state index contributed by atoms with van der Waals surface area (Å²) >= 11 is 5.98. The summed E-state index contributed by atoms with van der Waals surface area (Å²) in [6.45, 7) is 3.73. The minimum atomic E-state index is -0.372. The second-order valence-corrected chi connectivity index (χ2v) is 4.34. The molecule has 0 spiro atoms. The zero-order valence-corrected chi connectivity index (χ0v) is 10.3. The summed E-state index contributed by atoms with van der Waals surface area (Å²) < 4.78 is 18.7. The summed E-state index contributed by atoms with van der Waals surface area (Å²) in [7, 11) is 0. The first-order chi connectivity index (χ1) is 8.11. The smallest absolute Gasteiger partial charge is 0.260 e. The Labute approximate surface area is 104 Å². The van der Waals surface area contributed by atoms with E-state index in [1.807, 2.05) is 13.8 Å². The van der Waals surface area contributed by atoms with E-state index in [2.05, 4.69) is 10.1 Å². The lowest BCUT2D eigenvalue weighted by Crippen LogP contribution is -1.91. The molecule has 17 heavy (non-hydrogen) atoms. The molecule has 3 nitrogen and oxygen atoms in total. The SMILES string of the molecule is CCC(Cl)c1noc(-c2ccc(C)cc2F)n1. The number of aryl methyl sites for hydroxylation is 1. The molecule has 2 rings (SSSR count). The standard InChI is InChI=1S/C12H12ClFN2O/c1-3-9(13)11-15-12(17-16-11)8-5-4-7(2)6-10(8)14/h4-6,9H,3H2,1-2H3. The van der Waals surface area contributed by atoms with E-state index in [-0.39, 0.29) is 17.1 Å². The van der Waals surface area contributed by atoms with Crippen LogP contribution >= 0.6 is 11.6 Å². The van der Waals surface area contributed by atoms with E-state index in [1.54, 1.807) is 12.1 Å². The van der Waals surface area contributed by atoms with Crippen LogP contribution in [0, 0.1) is 12.7 Å². The second-order valence-electron chi connectivity index (χ2n) is 3.82. The Morgan fingerprint density at radius 2 is 2.24 bits per heavy atom. The van der Waals surface area contributed by atoms with E-state index in [0.29, 0.717) is 17.8 Å². The van der Waals surface area contributed by atoms with Crippen molar-refractivity contribution in [3.8, 4) is 11.5 Å². The Hall–Kier alpha value is -1.42. The van der Waals surface area contributed by atoms with Gasteiger partial charge in [0.05, 0.1) is 10.9 Å². The maximum atomic E-state index is 13.7. The third kappa shape index (κ3) is 2.47. The van der Waals surface area contributed by atoms with Crippen LogP contribution in [0.15, 0.2) is 22.7 Å². The molecule has 1 atom stereocenters. The van der Waals surface area contributed by atoms with Crippen molar-refractivity contribution in [3.05, 3.63) is 35.4 Å². The average molecular weight is 255 g/mol. The fourth-order valence-electron chi connectivity index (χ4n) is 1.45. The number of rotatable bonds is 3. The molecule has 0 fully saturated rings. The van der Waals surface area contributed by atoms with E-state index in [4.69, 9.17) is 16.1 Å². The van der Waals surface area contributed by atoms with Crippen LogP contribution in [0.25, 0.3) is 11.5 Å². The van der Waals surface area contributed by atoms with Crippen molar-refractivity contribution in [3.63, 3.8) is 0 Å². The average Bonchev–Trinajstić information content (AvgIpc) is 2.77. The largest absolute Gasteiger partial charge is 0.334 e. The number of aromatic nitrogens is 2. The minimum absolute atomic E-state index is 0.164. The Kier molecular flexibility index (Phi) is 3.43. The lowest BCUT2D eigenvalue weighted by molar-refractivity contribution is 0.419. The van der Waals surface area contributed by atoms with Gasteiger partial charge in [-0.15, -0.1) is 11.6 Å². The van der Waals surface area contributed by atoms with Gasteiger partial charge in [0.1, 0.15) is 5.82 Å². The monoisotopic (exact) mass is 254 g/mol. The van der Waals surface area contributed by atoms with E-state index in [9.17, 15) is 4.39 Å². The molecule has 0 aliphatic rings. The second kappa shape index (κ2) is 4.84. The van der Waals surface area contributed by atoms with Gasteiger partial charge >= 0.3 is 0 Å². The molecular weight excluding hydrogens is 243 g/mol. The Balaban J connectivity index is 2.37. The van der Waals surface area contributed by atoms with Gasteiger partial charge in [-0.25, -0.2) is 4.39 Å². The van der Waals surface area contributed by atoms with Crippen molar-refractivity contribution in [1.29, 1.82) is 0 Å². The molecule has 0 amide bonds. The fourth-order valence-corrected chi connectivity index (χ4v) is 1.54. The van der Waals surface area contributed by atoms with Gasteiger partial charge in [-0.3, -0.25) is 0 Å². The summed E-state index contributed by atoms with van der Waals surface area (Å²) in [5.74, 6) is 0.184.